The molecular formula is C29H40N2O2. The minimum atomic E-state index is -0.152. The van der Waals surface area contributed by atoms with Crippen molar-refractivity contribution in [1.82, 2.24) is 0 Å². The van der Waals surface area contributed by atoms with Crippen molar-refractivity contribution in [2.75, 3.05) is 7.11 Å². The van der Waals surface area contributed by atoms with Crippen LogP contribution in [0, 0.1) is 0 Å². The predicted molar refractivity (Wildman–Crippen MR) is 140 cm³/mol. The molecule has 1 N–H and O–H groups in total. The van der Waals surface area contributed by atoms with Gasteiger partial charge in [-0.3, -0.25) is 9.98 Å². The van der Waals surface area contributed by atoms with Crippen LogP contribution in [-0.4, -0.2) is 36.7 Å². The lowest BCUT2D eigenvalue weighted by molar-refractivity contribution is 0.389. The van der Waals surface area contributed by atoms with Crippen molar-refractivity contribution in [3.8, 4) is 11.5 Å². The molecule has 33 heavy (non-hydrogen) atoms. The number of phenolic OH excluding ortho intramolecular Hbond substituents is 1. The Balaban J connectivity index is 1.91. The Hall–Kier alpha value is -2.62. The summed E-state index contributed by atoms with van der Waals surface area (Å²) in [5.74, 6) is 1.17. The molecule has 1 fully saturated rings. The molecule has 0 spiro atoms. The highest BCUT2D eigenvalue weighted by atomic mass is 16.5. The first-order valence-corrected chi connectivity index (χ1v) is 12.1. The average molecular weight is 449 g/mol. The molecule has 0 amide bonds. The van der Waals surface area contributed by atoms with Gasteiger partial charge in [-0.25, -0.2) is 0 Å². The third-order valence-corrected chi connectivity index (χ3v) is 6.46. The van der Waals surface area contributed by atoms with Crippen molar-refractivity contribution >= 4 is 12.4 Å². The number of nitrogens with zero attached hydrogens (tertiary/aromatic N) is 2. The van der Waals surface area contributed by atoms with Crippen molar-refractivity contribution in [1.29, 1.82) is 0 Å². The summed E-state index contributed by atoms with van der Waals surface area (Å²) in [7, 11) is 1.68. The monoisotopic (exact) mass is 448 g/mol. The molecule has 2 unspecified atom stereocenters. The lowest BCUT2D eigenvalue weighted by Gasteiger charge is -2.27. The van der Waals surface area contributed by atoms with Gasteiger partial charge in [0.25, 0.3) is 0 Å². The number of methoxy groups -OCH3 is 1. The number of benzene rings is 2. The number of phenols is 1. The van der Waals surface area contributed by atoms with Crippen LogP contribution in [-0.2, 0) is 10.8 Å². The van der Waals surface area contributed by atoms with E-state index in [0.29, 0.717) is 5.75 Å². The van der Waals surface area contributed by atoms with E-state index in [9.17, 15) is 5.11 Å². The van der Waals surface area contributed by atoms with E-state index in [1.807, 2.05) is 36.7 Å². The summed E-state index contributed by atoms with van der Waals surface area (Å²) in [4.78, 5) is 9.88. The zero-order valence-corrected chi connectivity index (χ0v) is 21.4. The van der Waals surface area contributed by atoms with Gasteiger partial charge in [0.05, 0.1) is 19.2 Å². The van der Waals surface area contributed by atoms with Gasteiger partial charge in [-0.1, -0.05) is 72.6 Å². The van der Waals surface area contributed by atoms with Gasteiger partial charge in [0.2, 0.25) is 0 Å². The number of aromatic hydroxyl groups is 1. The topological polar surface area (TPSA) is 54.2 Å². The summed E-state index contributed by atoms with van der Waals surface area (Å²) in [5.41, 5.74) is 3.79. The SMILES string of the molecule is COc1ccccc1C=NC1CCCCC1N=Cc1cc(C(C)(C)C)cc(C(C)(C)C)c1O. The predicted octanol–water partition coefficient (Wildman–Crippen LogP) is 6.85. The van der Waals surface area contributed by atoms with Crippen molar-refractivity contribution < 1.29 is 9.84 Å². The molecule has 2 atom stereocenters. The largest absolute Gasteiger partial charge is 0.507 e. The highest BCUT2D eigenvalue weighted by molar-refractivity contribution is 5.85. The molecule has 0 radical (unpaired) electrons. The lowest BCUT2D eigenvalue weighted by atomic mass is 9.79. The Morgan fingerprint density at radius 2 is 1.42 bits per heavy atom. The maximum absolute atomic E-state index is 11.1. The molecule has 1 saturated carbocycles. The summed E-state index contributed by atoms with van der Waals surface area (Å²) in [6.45, 7) is 13.0. The van der Waals surface area contributed by atoms with Crippen molar-refractivity contribution in [2.45, 2.75) is 90.1 Å². The van der Waals surface area contributed by atoms with Crippen molar-refractivity contribution in [2.24, 2.45) is 9.98 Å². The standard InChI is InChI=1S/C29H40N2O2/c1-28(2,3)22-16-21(27(32)23(17-22)29(4,5)6)19-31-25-14-10-9-13-24(25)30-18-20-12-8-11-15-26(20)33-7/h8,11-12,15-19,24-25,32H,9-10,13-14H2,1-7H3. The van der Waals surface area contributed by atoms with E-state index in [0.717, 1.165) is 41.7 Å². The van der Waals surface area contributed by atoms with E-state index < -0.39 is 0 Å². The van der Waals surface area contributed by atoms with Crippen LogP contribution in [0.5, 0.6) is 11.5 Å². The van der Waals surface area contributed by atoms with Gasteiger partial charge in [-0.15, -0.1) is 0 Å². The average Bonchev–Trinajstić information content (AvgIpc) is 2.76. The third-order valence-electron chi connectivity index (χ3n) is 6.46. The van der Waals surface area contributed by atoms with Crippen molar-refractivity contribution in [3.05, 3.63) is 58.7 Å². The molecule has 0 saturated heterocycles. The molecule has 4 heteroatoms. The highest BCUT2D eigenvalue weighted by Gasteiger charge is 2.26. The maximum atomic E-state index is 11.1. The molecule has 1 aliphatic rings. The summed E-state index contributed by atoms with van der Waals surface area (Å²) in [5, 5.41) is 11.1. The molecular weight excluding hydrogens is 408 g/mol. The number of aliphatic imine (C=N–C) groups is 2. The fourth-order valence-electron chi connectivity index (χ4n) is 4.32. The van der Waals surface area contributed by atoms with Gasteiger partial charge in [-0.2, -0.15) is 0 Å². The summed E-state index contributed by atoms with van der Waals surface area (Å²) in [6, 6.07) is 12.4. The number of rotatable bonds is 5. The van der Waals surface area contributed by atoms with Crippen LogP contribution >= 0.6 is 0 Å². The fourth-order valence-corrected chi connectivity index (χ4v) is 4.32. The Morgan fingerprint density at radius 3 is 1.97 bits per heavy atom. The van der Waals surface area contributed by atoms with Crippen LogP contribution in [0.4, 0.5) is 0 Å². The lowest BCUT2D eigenvalue weighted by Crippen LogP contribution is -2.27. The second kappa shape index (κ2) is 10.1. The molecule has 0 aliphatic heterocycles. The molecule has 0 heterocycles. The van der Waals surface area contributed by atoms with Crippen LogP contribution in [0.2, 0.25) is 0 Å². The van der Waals surface area contributed by atoms with Crippen LogP contribution < -0.4 is 4.74 Å². The molecule has 0 aromatic heterocycles. The van der Waals surface area contributed by atoms with Gasteiger partial charge in [0.15, 0.2) is 0 Å². The normalized spacial score (nSPS) is 20.0. The maximum Gasteiger partial charge on any atom is 0.128 e. The van der Waals surface area contributed by atoms with Crippen LogP contribution in [0.15, 0.2) is 46.4 Å². The van der Waals surface area contributed by atoms with Gasteiger partial charge in [0, 0.05) is 29.1 Å². The second-order valence-electron chi connectivity index (χ2n) is 11.2. The van der Waals surface area contributed by atoms with E-state index in [2.05, 4.69) is 53.7 Å². The fraction of sp³-hybridized carbons (Fsp3) is 0.517. The number of ether oxygens (including phenoxy) is 1. The number of hydrogen-bond donors (Lipinski definition) is 1. The van der Waals surface area contributed by atoms with Crippen LogP contribution in [0.3, 0.4) is 0 Å². The van der Waals surface area contributed by atoms with E-state index in [-0.39, 0.29) is 22.9 Å². The Labute approximate surface area is 199 Å². The van der Waals surface area contributed by atoms with Crippen LogP contribution in [0.1, 0.15) is 89.5 Å². The zero-order valence-electron chi connectivity index (χ0n) is 21.4. The zero-order chi connectivity index (χ0) is 24.2. The van der Waals surface area contributed by atoms with Gasteiger partial charge in [0.1, 0.15) is 11.5 Å². The minimum Gasteiger partial charge on any atom is -0.507 e. The first kappa shape index (κ1) is 25.0. The third kappa shape index (κ3) is 6.25. The molecule has 2 aromatic rings. The molecule has 178 valence electrons. The summed E-state index contributed by atoms with van der Waals surface area (Å²) in [6.07, 6.45) is 8.15. The van der Waals surface area contributed by atoms with Gasteiger partial charge in [-0.05, 0) is 47.4 Å². The Bertz CT molecular complexity index is 1010. The first-order chi connectivity index (χ1) is 15.5. The van der Waals surface area contributed by atoms with Gasteiger partial charge < -0.3 is 9.84 Å². The van der Waals surface area contributed by atoms with E-state index >= 15 is 0 Å². The Morgan fingerprint density at radius 1 is 0.848 bits per heavy atom. The summed E-state index contributed by atoms with van der Waals surface area (Å²) >= 11 is 0. The van der Waals surface area contributed by atoms with E-state index in [4.69, 9.17) is 14.7 Å². The second-order valence-corrected chi connectivity index (χ2v) is 11.2. The number of hydrogen-bond acceptors (Lipinski definition) is 4. The van der Waals surface area contributed by atoms with E-state index in [1.54, 1.807) is 7.11 Å². The summed E-state index contributed by atoms with van der Waals surface area (Å²) < 4.78 is 5.46. The molecule has 0 bridgehead atoms. The van der Waals surface area contributed by atoms with Crippen LogP contribution in [0.25, 0.3) is 0 Å². The Kier molecular flexibility index (Phi) is 7.66. The van der Waals surface area contributed by atoms with Crippen molar-refractivity contribution in [3.63, 3.8) is 0 Å². The molecule has 3 rings (SSSR count). The van der Waals surface area contributed by atoms with E-state index in [1.165, 1.54) is 12.0 Å². The smallest absolute Gasteiger partial charge is 0.128 e. The molecule has 2 aromatic carbocycles. The first-order valence-electron chi connectivity index (χ1n) is 12.1. The highest BCUT2D eigenvalue weighted by Crippen LogP contribution is 2.37. The molecule has 4 nitrogen and oxygen atoms in total. The van der Waals surface area contributed by atoms with Gasteiger partial charge >= 0.3 is 0 Å². The number of para-hydroxylation sites is 1. The minimum absolute atomic E-state index is 0.0112. The quantitative estimate of drug-likeness (QED) is 0.509. The molecule has 1 aliphatic carbocycles.